The normalized spacial score (nSPS) is 31.2. The van der Waals surface area contributed by atoms with Crippen LogP contribution in [0.1, 0.15) is 72.1 Å². The molecule has 0 spiro atoms. The lowest BCUT2D eigenvalue weighted by Crippen LogP contribution is -2.51. The van der Waals surface area contributed by atoms with Crippen molar-refractivity contribution in [1.29, 1.82) is 0 Å². The second kappa shape index (κ2) is 10.8. The van der Waals surface area contributed by atoms with Crippen molar-refractivity contribution < 1.29 is 29.3 Å². The van der Waals surface area contributed by atoms with Crippen LogP contribution in [0.4, 0.5) is 0 Å². The van der Waals surface area contributed by atoms with Crippen molar-refractivity contribution in [2.75, 3.05) is 20.3 Å². The van der Waals surface area contributed by atoms with E-state index in [0.717, 1.165) is 32.1 Å². The number of esters is 2. The largest absolute Gasteiger partial charge is 0.469 e. The molecule has 2 aliphatic rings. The number of methoxy groups -OCH3 is 1. The Bertz CT molecular complexity index is 698. The Balaban J connectivity index is 2.15. The van der Waals surface area contributed by atoms with E-state index in [1.807, 2.05) is 0 Å². The SMILES string of the molecule is C=C(CCC1(C)C(COC(=O)CCC(=O)OC)CCC2(C)C(C)=CCCC21)C(O)CO. The Morgan fingerprint density at radius 3 is 2.55 bits per heavy atom. The summed E-state index contributed by atoms with van der Waals surface area (Å²) in [7, 11) is 1.31. The molecule has 2 rings (SSSR count). The molecule has 6 nitrogen and oxygen atoms in total. The highest BCUT2D eigenvalue weighted by Gasteiger charge is 2.54. The minimum absolute atomic E-state index is 0.0264. The van der Waals surface area contributed by atoms with Gasteiger partial charge in [0.25, 0.3) is 0 Å². The third kappa shape index (κ3) is 5.78. The molecule has 31 heavy (non-hydrogen) atoms. The van der Waals surface area contributed by atoms with Gasteiger partial charge in [0.2, 0.25) is 0 Å². The van der Waals surface area contributed by atoms with E-state index in [2.05, 4.69) is 38.2 Å². The van der Waals surface area contributed by atoms with Gasteiger partial charge < -0.3 is 19.7 Å². The van der Waals surface area contributed by atoms with E-state index in [1.54, 1.807) is 0 Å². The molecule has 5 unspecified atom stereocenters. The summed E-state index contributed by atoms with van der Waals surface area (Å²) in [6, 6.07) is 0. The molecule has 2 aliphatic carbocycles. The van der Waals surface area contributed by atoms with Crippen LogP contribution in [0.2, 0.25) is 0 Å². The number of carbonyl (C=O) groups is 2. The number of ether oxygens (including phenoxy) is 2. The topological polar surface area (TPSA) is 93.1 Å². The first kappa shape index (κ1) is 25.6. The molecule has 5 atom stereocenters. The highest BCUT2D eigenvalue weighted by Crippen LogP contribution is 2.62. The minimum Gasteiger partial charge on any atom is -0.469 e. The van der Waals surface area contributed by atoms with Gasteiger partial charge in [-0.2, -0.15) is 0 Å². The Kier molecular flexibility index (Phi) is 8.90. The molecule has 1 fully saturated rings. The summed E-state index contributed by atoms with van der Waals surface area (Å²) < 4.78 is 10.2. The summed E-state index contributed by atoms with van der Waals surface area (Å²) in [5.74, 6) is -0.157. The smallest absolute Gasteiger partial charge is 0.306 e. The Hall–Kier alpha value is -1.66. The van der Waals surface area contributed by atoms with Crippen molar-refractivity contribution >= 4 is 11.9 Å². The zero-order valence-corrected chi connectivity index (χ0v) is 19.6. The summed E-state index contributed by atoms with van der Waals surface area (Å²) in [6.45, 7) is 10.9. The second-order valence-corrected chi connectivity index (χ2v) is 9.79. The van der Waals surface area contributed by atoms with Gasteiger partial charge in [0.1, 0.15) is 0 Å². The molecule has 0 bridgehead atoms. The van der Waals surface area contributed by atoms with Crippen molar-refractivity contribution in [1.82, 2.24) is 0 Å². The lowest BCUT2D eigenvalue weighted by atomic mass is 9.46. The van der Waals surface area contributed by atoms with Crippen LogP contribution in [0.15, 0.2) is 23.8 Å². The van der Waals surface area contributed by atoms with E-state index in [4.69, 9.17) is 4.74 Å². The van der Waals surface area contributed by atoms with E-state index < -0.39 is 12.1 Å². The van der Waals surface area contributed by atoms with Crippen LogP contribution in [-0.4, -0.2) is 48.6 Å². The third-order valence-corrected chi connectivity index (χ3v) is 8.15. The molecule has 0 heterocycles. The summed E-state index contributed by atoms with van der Waals surface area (Å²) in [5.41, 5.74) is 2.11. The maximum absolute atomic E-state index is 12.2. The Morgan fingerprint density at radius 2 is 1.90 bits per heavy atom. The third-order valence-electron chi connectivity index (χ3n) is 8.15. The summed E-state index contributed by atoms with van der Waals surface area (Å²) in [5, 5.41) is 19.2. The monoisotopic (exact) mass is 436 g/mol. The lowest BCUT2D eigenvalue weighted by molar-refractivity contribution is -0.154. The number of hydrogen-bond acceptors (Lipinski definition) is 6. The van der Waals surface area contributed by atoms with Crippen molar-refractivity contribution in [2.45, 2.75) is 78.2 Å². The first-order chi connectivity index (χ1) is 14.6. The first-order valence-electron chi connectivity index (χ1n) is 11.4. The van der Waals surface area contributed by atoms with Gasteiger partial charge in [0.15, 0.2) is 0 Å². The van der Waals surface area contributed by atoms with Crippen LogP contribution in [0.5, 0.6) is 0 Å². The van der Waals surface area contributed by atoms with E-state index in [9.17, 15) is 19.8 Å². The second-order valence-electron chi connectivity index (χ2n) is 9.79. The number of carbonyl (C=O) groups excluding carboxylic acids is 2. The van der Waals surface area contributed by atoms with Gasteiger partial charge in [-0.3, -0.25) is 9.59 Å². The quantitative estimate of drug-likeness (QED) is 0.398. The molecule has 2 N–H and O–H groups in total. The Morgan fingerprint density at radius 1 is 1.23 bits per heavy atom. The van der Waals surface area contributed by atoms with Crippen molar-refractivity contribution in [2.24, 2.45) is 22.7 Å². The molecule has 176 valence electrons. The van der Waals surface area contributed by atoms with Crippen molar-refractivity contribution in [3.05, 3.63) is 23.8 Å². The molecule has 0 saturated heterocycles. The molecule has 0 aromatic heterocycles. The summed E-state index contributed by atoms with van der Waals surface area (Å²) in [4.78, 5) is 23.5. The average Bonchev–Trinajstić information content (AvgIpc) is 2.76. The zero-order valence-electron chi connectivity index (χ0n) is 19.6. The highest BCUT2D eigenvalue weighted by molar-refractivity contribution is 5.77. The predicted octanol–water partition coefficient (Wildman–Crippen LogP) is 3.95. The maximum atomic E-state index is 12.2. The molecular formula is C25H40O6. The number of aliphatic hydroxyl groups is 2. The van der Waals surface area contributed by atoms with Crippen molar-refractivity contribution in [3.8, 4) is 0 Å². The fourth-order valence-electron chi connectivity index (χ4n) is 5.76. The van der Waals surface area contributed by atoms with E-state index in [0.29, 0.717) is 24.5 Å². The van der Waals surface area contributed by atoms with Gasteiger partial charge in [0.05, 0.1) is 39.3 Å². The van der Waals surface area contributed by atoms with Gasteiger partial charge in [0, 0.05) is 0 Å². The summed E-state index contributed by atoms with van der Waals surface area (Å²) in [6.07, 6.45) is 7.11. The highest BCUT2D eigenvalue weighted by atomic mass is 16.5. The molecular weight excluding hydrogens is 396 g/mol. The molecule has 0 aromatic rings. The molecule has 0 aromatic carbocycles. The van der Waals surface area contributed by atoms with Crippen LogP contribution >= 0.6 is 0 Å². The van der Waals surface area contributed by atoms with Gasteiger partial charge in [-0.05, 0) is 73.7 Å². The molecule has 0 amide bonds. The fraction of sp³-hybridized carbons (Fsp3) is 0.760. The Labute approximate surface area is 186 Å². The van der Waals surface area contributed by atoms with Gasteiger partial charge in [-0.25, -0.2) is 0 Å². The molecule has 6 heteroatoms. The van der Waals surface area contributed by atoms with E-state index >= 15 is 0 Å². The lowest BCUT2D eigenvalue weighted by Gasteiger charge is -2.58. The number of rotatable bonds is 10. The van der Waals surface area contributed by atoms with Crippen LogP contribution in [0.3, 0.4) is 0 Å². The van der Waals surface area contributed by atoms with Crippen LogP contribution < -0.4 is 0 Å². The fourth-order valence-corrected chi connectivity index (χ4v) is 5.76. The number of aliphatic hydroxyl groups excluding tert-OH is 2. The van der Waals surface area contributed by atoms with E-state index in [1.165, 1.54) is 12.7 Å². The van der Waals surface area contributed by atoms with Crippen molar-refractivity contribution in [3.63, 3.8) is 0 Å². The molecule has 1 saturated carbocycles. The molecule has 0 radical (unpaired) electrons. The van der Waals surface area contributed by atoms with Crippen LogP contribution in [-0.2, 0) is 19.1 Å². The number of allylic oxidation sites excluding steroid dienone is 2. The van der Waals surface area contributed by atoms with Gasteiger partial charge in [-0.1, -0.05) is 32.1 Å². The maximum Gasteiger partial charge on any atom is 0.306 e. The van der Waals surface area contributed by atoms with Crippen LogP contribution in [0.25, 0.3) is 0 Å². The zero-order chi connectivity index (χ0) is 23.2. The van der Waals surface area contributed by atoms with Crippen LogP contribution in [0, 0.1) is 22.7 Å². The van der Waals surface area contributed by atoms with Gasteiger partial charge >= 0.3 is 11.9 Å². The standard InChI is InChI=1S/C25H40O6/c1-17(20(27)15-26)11-13-25(4)19(16-31-23(29)10-9-22(28)30-5)12-14-24(3)18(2)7-6-8-21(24)25/h7,19-21,26-27H,1,6,8-16H2,2-5H3. The molecule has 0 aliphatic heterocycles. The summed E-state index contributed by atoms with van der Waals surface area (Å²) >= 11 is 0. The minimum atomic E-state index is -0.902. The predicted molar refractivity (Wildman–Crippen MR) is 119 cm³/mol. The number of fused-ring (bicyclic) bond motifs is 1. The van der Waals surface area contributed by atoms with E-state index in [-0.39, 0.29) is 42.2 Å². The van der Waals surface area contributed by atoms with Gasteiger partial charge in [-0.15, -0.1) is 0 Å². The average molecular weight is 437 g/mol. The first-order valence-corrected chi connectivity index (χ1v) is 11.4. The number of hydrogen-bond donors (Lipinski definition) is 2.